The van der Waals surface area contributed by atoms with E-state index >= 15 is 0 Å². The molecule has 1 aliphatic heterocycles. The van der Waals surface area contributed by atoms with Crippen LogP contribution in [0.2, 0.25) is 0 Å². The molecule has 0 unspecified atom stereocenters. The third kappa shape index (κ3) is 1.67. The van der Waals surface area contributed by atoms with Crippen molar-refractivity contribution in [2.24, 2.45) is 11.3 Å². The molecule has 0 saturated carbocycles. The summed E-state index contributed by atoms with van der Waals surface area (Å²) >= 11 is 0. The molecule has 0 radical (unpaired) electrons. The summed E-state index contributed by atoms with van der Waals surface area (Å²) < 4.78 is 0. The molecule has 2 heteroatoms. The molecule has 0 aromatic heterocycles. The molecule has 94 valence electrons. The number of carbonyl (C=O) groups excluding carboxylic acids is 1. The van der Waals surface area contributed by atoms with Gasteiger partial charge in [0.1, 0.15) is 0 Å². The van der Waals surface area contributed by atoms with Gasteiger partial charge in [0.15, 0.2) is 0 Å². The van der Waals surface area contributed by atoms with Crippen LogP contribution in [0.25, 0.3) is 0 Å². The van der Waals surface area contributed by atoms with E-state index in [1.165, 1.54) is 5.56 Å². The maximum Gasteiger partial charge on any atom is 0.253 e. The van der Waals surface area contributed by atoms with Crippen molar-refractivity contribution >= 4 is 11.6 Å². The Labute approximate surface area is 108 Å². The first-order valence-electron chi connectivity index (χ1n) is 6.57. The van der Waals surface area contributed by atoms with E-state index in [-0.39, 0.29) is 11.3 Å². The lowest BCUT2D eigenvalue weighted by molar-refractivity contribution is -0.115. The number of hydrogen-bond donors (Lipinski definition) is 0. The van der Waals surface area contributed by atoms with Crippen LogP contribution in [0.1, 0.15) is 25.8 Å². The average Bonchev–Trinajstić information content (AvgIpc) is 2.59. The van der Waals surface area contributed by atoms with E-state index in [2.05, 4.69) is 32.1 Å². The molecule has 18 heavy (non-hydrogen) atoms. The molecule has 3 rings (SSSR count). The molecule has 0 bridgehead atoms. The second kappa shape index (κ2) is 3.71. The topological polar surface area (TPSA) is 20.3 Å². The van der Waals surface area contributed by atoms with Gasteiger partial charge >= 0.3 is 0 Å². The summed E-state index contributed by atoms with van der Waals surface area (Å²) in [7, 11) is 1.88. The second-order valence-corrected chi connectivity index (χ2v) is 6.19. The number of amides is 1. The van der Waals surface area contributed by atoms with Crippen LogP contribution in [0.5, 0.6) is 0 Å². The van der Waals surface area contributed by atoms with Gasteiger partial charge in [0.25, 0.3) is 5.91 Å². The number of nitrogens with zero attached hydrogens (tertiary/aromatic N) is 1. The Kier molecular flexibility index (Phi) is 2.37. The first-order valence-corrected chi connectivity index (χ1v) is 6.57. The molecule has 1 aliphatic carbocycles. The molecule has 0 saturated heterocycles. The van der Waals surface area contributed by atoms with Crippen molar-refractivity contribution in [1.82, 2.24) is 0 Å². The van der Waals surface area contributed by atoms with Gasteiger partial charge in [-0.15, -0.1) is 0 Å². The number of allylic oxidation sites excluding steroid dienone is 1. The minimum Gasteiger partial charge on any atom is -0.311 e. The zero-order chi connectivity index (χ0) is 12.9. The number of fused-ring (bicyclic) bond motifs is 2. The van der Waals surface area contributed by atoms with Crippen molar-refractivity contribution in [1.29, 1.82) is 0 Å². The van der Waals surface area contributed by atoms with Crippen molar-refractivity contribution in [2.45, 2.75) is 26.7 Å². The lowest BCUT2D eigenvalue weighted by atomic mass is 9.87. The molecule has 2 nitrogen and oxygen atoms in total. The summed E-state index contributed by atoms with van der Waals surface area (Å²) in [5, 5.41) is 0. The van der Waals surface area contributed by atoms with Crippen LogP contribution in [0.3, 0.4) is 0 Å². The Morgan fingerprint density at radius 2 is 2.00 bits per heavy atom. The third-order valence-electron chi connectivity index (χ3n) is 4.13. The first-order chi connectivity index (χ1) is 8.48. The highest BCUT2D eigenvalue weighted by Gasteiger charge is 2.38. The second-order valence-electron chi connectivity index (χ2n) is 6.19. The van der Waals surface area contributed by atoms with Gasteiger partial charge in [0.05, 0.1) is 0 Å². The van der Waals surface area contributed by atoms with Crippen LogP contribution in [0.15, 0.2) is 35.9 Å². The zero-order valence-corrected chi connectivity index (χ0v) is 11.2. The minimum atomic E-state index is 0.156. The number of likely N-dealkylation sites (N-methyl/N-ethyl adjacent to an activating group) is 1. The van der Waals surface area contributed by atoms with Gasteiger partial charge in [-0.1, -0.05) is 38.1 Å². The Balaban J connectivity index is 2.10. The van der Waals surface area contributed by atoms with Gasteiger partial charge in [0, 0.05) is 18.3 Å². The van der Waals surface area contributed by atoms with Crippen LogP contribution >= 0.6 is 0 Å². The fourth-order valence-electron chi connectivity index (χ4n) is 3.34. The average molecular weight is 241 g/mol. The van der Waals surface area contributed by atoms with Gasteiger partial charge in [0.2, 0.25) is 0 Å². The molecule has 0 spiro atoms. The summed E-state index contributed by atoms with van der Waals surface area (Å²) in [6, 6.07) is 8.25. The van der Waals surface area contributed by atoms with Gasteiger partial charge in [-0.25, -0.2) is 0 Å². The van der Waals surface area contributed by atoms with E-state index in [1.807, 2.05) is 24.1 Å². The van der Waals surface area contributed by atoms with Crippen LogP contribution in [0, 0.1) is 11.3 Å². The zero-order valence-electron chi connectivity index (χ0n) is 11.2. The number of carbonyl (C=O) groups is 1. The molecular formula is C16H19NO. The maximum absolute atomic E-state index is 12.5. The molecule has 1 heterocycles. The lowest BCUT2D eigenvalue weighted by Crippen LogP contribution is -2.27. The van der Waals surface area contributed by atoms with Crippen LogP contribution in [0.4, 0.5) is 5.69 Å². The highest BCUT2D eigenvalue weighted by molar-refractivity contribution is 6.07. The van der Waals surface area contributed by atoms with E-state index in [0.717, 1.165) is 24.1 Å². The molecule has 1 aromatic rings. The monoisotopic (exact) mass is 241 g/mol. The molecule has 1 aromatic carbocycles. The fourth-order valence-corrected chi connectivity index (χ4v) is 3.34. The van der Waals surface area contributed by atoms with Crippen molar-refractivity contribution in [3.05, 3.63) is 41.5 Å². The smallest absolute Gasteiger partial charge is 0.253 e. The Hall–Kier alpha value is -1.57. The van der Waals surface area contributed by atoms with Gasteiger partial charge in [-0.2, -0.15) is 0 Å². The number of hydrogen-bond acceptors (Lipinski definition) is 1. The first kappa shape index (κ1) is 11.5. The predicted octanol–water partition coefficient (Wildman–Crippen LogP) is 3.18. The van der Waals surface area contributed by atoms with E-state index in [0.29, 0.717) is 5.92 Å². The molecular weight excluding hydrogens is 222 g/mol. The summed E-state index contributed by atoms with van der Waals surface area (Å²) in [4.78, 5) is 14.3. The third-order valence-corrected chi connectivity index (χ3v) is 4.13. The van der Waals surface area contributed by atoms with Crippen molar-refractivity contribution in [3.8, 4) is 0 Å². The number of anilines is 1. The molecule has 1 amide bonds. The van der Waals surface area contributed by atoms with Crippen molar-refractivity contribution in [3.63, 3.8) is 0 Å². The summed E-state index contributed by atoms with van der Waals surface area (Å²) in [5.74, 6) is 0.564. The molecule has 0 fully saturated rings. The summed E-state index contributed by atoms with van der Waals surface area (Å²) in [6.45, 7) is 4.43. The van der Waals surface area contributed by atoms with E-state index < -0.39 is 0 Å². The minimum absolute atomic E-state index is 0.156. The standard InChI is InChI=1S/C16H19NO/c1-16(2)9-12-8-11-6-4-5-7-14(11)17(3)15(18)13(12)10-16/h4-7,10,12H,8-9H2,1-3H3/t12-/m0/s1. The quantitative estimate of drug-likeness (QED) is 0.683. The predicted molar refractivity (Wildman–Crippen MR) is 73.5 cm³/mol. The van der Waals surface area contributed by atoms with E-state index in [9.17, 15) is 4.79 Å². The SMILES string of the molecule is CN1C(=O)C2=CC(C)(C)C[C@@H]2Cc2ccccc21. The number of rotatable bonds is 0. The highest BCUT2D eigenvalue weighted by Crippen LogP contribution is 2.44. The van der Waals surface area contributed by atoms with Crippen LogP contribution in [-0.2, 0) is 11.2 Å². The molecule has 0 N–H and O–H groups in total. The highest BCUT2D eigenvalue weighted by atomic mass is 16.2. The number of para-hydroxylation sites is 1. The van der Waals surface area contributed by atoms with Gasteiger partial charge in [-0.05, 0) is 35.8 Å². The molecule has 2 aliphatic rings. The van der Waals surface area contributed by atoms with Crippen molar-refractivity contribution < 1.29 is 4.79 Å². The largest absolute Gasteiger partial charge is 0.311 e. The fraction of sp³-hybridized carbons (Fsp3) is 0.438. The Morgan fingerprint density at radius 1 is 1.28 bits per heavy atom. The summed E-state index contributed by atoms with van der Waals surface area (Å²) in [6.07, 6.45) is 4.25. The van der Waals surface area contributed by atoms with E-state index in [4.69, 9.17) is 0 Å². The molecule has 1 atom stereocenters. The number of benzene rings is 1. The van der Waals surface area contributed by atoms with Crippen LogP contribution < -0.4 is 4.90 Å². The Bertz CT molecular complexity index is 542. The maximum atomic E-state index is 12.5. The normalized spacial score (nSPS) is 25.3. The van der Waals surface area contributed by atoms with E-state index in [1.54, 1.807) is 0 Å². The van der Waals surface area contributed by atoms with Crippen LogP contribution in [-0.4, -0.2) is 13.0 Å². The summed E-state index contributed by atoms with van der Waals surface area (Å²) in [5.41, 5.74) is 3.52. The Morgan fingerprint density at radius 3 is 2.78 bits per heavy atom. The lowest BCUT2D eigenvalue weighted by Gasteiger charge is -2.18. The van der Waals surface area contributed by atoms with Crippen molar-refractivity contribution in [2.75, 3.05) is 11.9 Å². The van der Waals surface area contributed by atoms with Gasteiger partial charge in [-0.3, -0.25) is 4.79 Å². The van der Waals surface area contributed by atoms with Gasteiger partial charge < -0.3 is 4.90 Å².